The zero-order valence-corrected chi connectivity index (χ0v) is 9.58. The summed E-state index contributed by atoms with van der Waals surface area (Å²) in [4.78, 5) is 7.42. The highest BCUT2D eigenvalue weighted by molar-refractivity contribution is 5.93. The molecule has 3 heteroatoms. The van der Waals surface area contributed by atoms with Crippen molar-refractivity contribution >= 4 is 35.0 Å². The fourth-order valence-electron chi connectivity index (χ4n) is 2.06. The van der Waals surface area contributed by atoms with Crippen LogP contribution in [0.5, 0.6) is 0 Å². The number of benzene rings is 1. The second kappa shape index (κ2) is 3.35. The third kappa shape index (κ3) is 1.32. The van der Waals surface area contributed by atoms with Crippen molar-refractivity contribution < 1.29 is 4.42 Å². The van der Waals surface area contributed by atoms with Gasteiger partial charge in [-0.1, -0.05) is 13.2 Å². The molecule has 3 aromatic rings. The van der Waals surface area contributed by atoms with Gasteiger partial charge in [-0.25, -0.2) is 0 Å². The van der Waals surface area contributed by atoms with Gasteiger partial charge in [0.15, 0.2) is 0 Å². The summed E-state index contributed by atoms with van der Waals surface area (Å²) in [5.41, 5.74) is 2.62. The lowest BCUT2D eigenvalue weighted by atomic mass is 10.1. The maximum Gasteiger partial charge on any atom is 0.134 e. The molecule has 1 aromatic carbocycles. The van der Waals surface area contributed by atoms with E-state index in [0.717, 1.165) is 37.8 Å². The van der Waals surface area contributed by atoms with Gasteiger partial charge in [0.25, 0.3) is 0 Å². The van der Waals surface area contributed by atoms with Crippen LogP contribution in [0.25, 0.3) is 35.0 Å². The molecule has 2 heterocycles. The lowest BCUT2D eigenvalue weighted by Crippen LogP contribution is -2.39. The van der Waals surface area contributed by atoms with Crippen molar-refractivity contribution in [2.75, 3.05) is 7.05 Å². The number of pyridine rings is 1. The Bertz CT molecular complexity index is 884. The highest BCUT2D eigenvalue weighted by Gasteiger charge is 2.02. The molecule has 0 radical (unpaired) electrons. The van der Waals surface area contributed by atoms with Crippen molar-refractivity contribution in [3.05, 3.63) is 40.4 Å². The number of rotatable bonds is 0. The summed E-state index contributed by atoms with van der Waals surface area (Å²) in [5.74, 6) is 0. The first-order chi connectivity index (χ1) is 8.20. The molecule has 0 spiro atoms. The number of hydrogen-bond donors (Lipinski definition) is 1. The molecule has 0 amide bonds. The summed E-state index contributed by atoms with van der Waals surface area (Å²) in [6, 6.07) is 5.96. The quantitative estimate of drug-likeness (QED) is 0.613. The minimum absolute atomic E-state index is 0.769. The Morgan fingerprint density at radius 3 is 2.82 bits per heavy atom. The molecule has 1 N–H and O–H groups in total. The van der Waals surface area contributed by atoms with Crippen LogP contribution in [0.4, 0.5) is 0 Å². The third-order valence-electron chi connectivity index (χ3n) is 3.04. The molecule has 0 aliphatic heterocycles. The van der Waals surface area contributed by atoms with Crippen LogP contribution < -0.4 is 15.9 Å². The molecule has 0 atom stereocenters. The summed E-state index contributed by atoms with van der Waals surface area (Å²) >= 11 is 0. The molecule has 3 rings (SSSR count). The number of aromatic amines is 1. The van der Waals surface area contributed by atoms with Crippen molar-refractivity contribution in [1.29, 1.82) is 0 Å². The predicted molar refractivity (Wildman–Crippen MR) is 69.9 cm³/mol. The summed E-state index contributed by atoms with van der Waals surface area (Å²) < 4.78 is 5.39. The predicted octanol–water partition coefficient (Wildman–Crippen LogP) is 1.27. The number of H-pyrrole nitrogens is 1. The van der Waals surface area contributed by atoms with Gasteiger partial charge >= 0.3 is 0 Å². The van der Waals surface area contributed by atoms with Gasteiger partial charge in [-0.05, 0) is 23.4 Å². The van der Waals surface area contributed by atoms with E-state index >= 15 is 0 Å². The van der Waals surface area contributed by atoms with Crippen LogP contribution in [-0.4, -0.2) is 12.0 Å². The molecule has 17 heavy (non-hydrogen) atoms. The SMILES string of the molecule is C=c1c(=C)c2cc3occc3cc2[nH]/c1=N/C. The number of nitrogens with one attached hydrogen (secondary N) is 1. The van der Waals surface area contributed by atoms with Crippen LogP contribution in [0.1, 0.15) is 0 Å². The number of fused-ring (bicyclic) bond motifs is 2. The van der Waals surface area contributed by atoms with E-state index < -0.39 is 0 Å². The molecule has 0 saturated carbocycles. The first-order valence-electron chi connectivity index (χ1n) is 5.34. The molecule has 0 bridgehead atoms. The number of furan rings is 1. The topological polar surface area (TPSA) is 41.3 Å². The molecule has 0 fully saturated rings. The molecule has 2 aromatic heterocycles. The second-order valence-electron chi connectivity index (χ2n) is 4.01. The van der Waals surface area contributed by atoms with Crippen molar-refractivity contribution in [3.63, 3.8) is 0 Å². The maximum absolute atomic E-state index is 5.39. The van der Waals surface area contributed by atoms with Gasteiger partial charge in [0.2, 0.25) is 0 Å². The van der Waals surface area contributed by atoms with E-state index in [9.17, 15) is 0 Å². The Hall–Kier alpha value is -2.29. The van der Waals surface area contributed by atoms with Gasteiger partial charge in [0.1, 0.15) is 11.1 Å². The molecule has 0 aliphatic carbocycles. The monoisotopic (exact) mass is 224 g/mol. The Morgan fingerprint density at radius 1 is 1.24 bits per heavy atom. The summed E-state index contributed by atoms with van der Waals surface area (Å²) in [5, 5.41) is 3.79. The van der Waals surface area contributed by atoms with E-state index in [0.29, 0.717) is 0 Å². The van der Waals surface area contributed by atoms with Gasteiger partial charge < -0.3 is 9.40 Å². The molecule has 84 valence electrons. The smallest absolute Gasteiger partial charge is 0.134 e. The van der Waals surface area contributed by atoms with Gasteiger partial charge in [-0.2, -0.15) is 0 Å². The van der Waals surface area contributed by atoms with E-state index in [1.165, 1.54) is 0 Å². The van der Waals surface area contributed by atoms with Gasteiger partial charge in [-0.3, -0.25) is 4.99 Å². The Morgan fingerprint density at radius 2 is 2.06 bits per heavy atom. The number of nitrogens with zero attached hydrogens (tertiary/aromatic N) is 1. The minimum Gasteiger partial charge on any atom is -0.464 e. The van der Waals surface area contributed by atoms with Crippen molar-refractivity contribution in [1.82, 2.24) is 4.98 Å². The largest absolute Gasteiger partial charge is 0.464 e. The third-order valence-corrected chi connectivity index (χ3v) is 3.04. The van der Waals surface area contributed by atoms with Crippen LogP contribution in [0.3, 0.4) is 0 Å². The molecule has 0 unspecified atom stereocenters. The zero-order chi connectivity index (χ0) is 12.0. The minimum atomic E-state index is 0.769. The summed E-state index contributed by atoms with van der Waals surface area (Å²) in [7, 11) is 1.74. The first-order valence-corrected chi connectivity index (χ1v) is 5.34. The van der Waals surface area contributed by atoms with Crippen molar-refractivity contribution in [3.8, 4) is 0 Å². The highest BCUT2D eigenvalue weighted by atomic mass is 16.3. The number of hydrogen-bond acceptors (Lipinski definition) is 2. The van der Waals surface area contributed by atoms with Gasteiger partial charge in [0, 0.05) is 28.6 Å². The second-order valence-corrected chi connectivity index (χ2v) is 4.01. The first kappa shape index (κ1) is 9.90. The highest BCUT2D eigenvalue weighted by Crippen LogP contribution is 2.19. The fourth-order valence-corrected chi connectivity index (χ4v) is 2.06. The van der Waals surface area contributed by atoms with Crippen LogP contribution in [0.2, 0.25) is 0 Å². The van der Waals surface area contributed by atoms with E-state index in [1.54, 1.807) is 13.3 Å². The zero-order valence-electron chi connectivity index (χ0n) is 9.58. The molecule has 0 saturated heterocycles. The lowest BCUT2D eigenvalue weighted by Gasteiger charge is -2.00. The van der Waals surface area contributed by atoms with E-state index in [2.05, 4.69) is 23.1 Å². The fraction of sp³-hybridized carbons (Fsp3) is 0.0714. The van der Waals surface area contributed by atoms with Crippen molar-refractivity contribution in [2.45, 2.75) is 0 Å². The summed E-state index contributed by atoms with van der Waals surface area (Å²) in [6.07, 6.45) is 1.68. The van der Waals surface area contributed by atoms with Gasteiger partial charge in [-0.15, -0.1) is 0 Å². The lowest BCUT2D eigenvalue weighted by molar-refractivity contribution is 0.616. The van der Waals surface area contributed by atoms with Crippen LogP contribution >= 0.6 is 0 Å². The number of aromatic nitrogens is 1. The van der Waals surface area contributed by atoms with Crippen LogP contribution in [-0.2, 0) is 0 Å². The molecular formula is C14H12N2O. The van der Waals surface area contributed by atoms with E-state index in [-0.39, 0.29) is 0 Å². The van der Waals surface area contributed by atoms with Crippen LogP contribution in [0.15, 0.2) is 33.9 Å². The van der Waals surface area contributed by atoms with E-state index in [4.69, 9.17) is 4.42 Å². The maximum atomic E-state index is 5.39. The van der Waals surface area contributed by atoms with Gasteiger partial charge in [0.05, 0.1) is 6.26 Å². The Labute approximate surface area is 97.4 Å². The molecule has 0 aliphatic rings. The normalized spacial score (nSPS) is 12.6. The summed E-state index contributed by atoms with van der Waals surface area (Å²) in [6.45, 7) is 8.05. The average Bonchev–Trinajstić information content (AvgIpc) is 2.78. The Kier molecular flexibility index (Phi) is 1.95. The average molecular weight is 224 g/mol. The van der Waals surface area contributed by atoms with Crippen LogP contribution in [0, 0.1) is 0 Å². The molecule has 3 nitrogen and oxygen atoms in total. The standard InChI is InChI=1S/C14H12N2O/c1-8-9(2)14(15-3)16-12-6-10-4-5-17-13(10)7-11(8)12/h4-7H,1-2H2,3H3,(H,15,16). The Balaban J connectivity index is 2.67. The van der Waals surface area contributed by atoms with E-state index in [1.807, 2.05) is 18.2 Å². The van der Waals surface area contributed by atoms with Crippen molar-refractivity contribution in [2.24, 2.45) is 4.99 Å². The molecular weight excluding hydrogens is 212 g/mol.